The molecule has 0 saturated carbocycles. The molecule has 0 spiro atoms. The number of carbonyl (C=O) groups excluding carboxylic acids is 2. The molecule has 0 fully saturated rings. The lowest BCUT2D eigenvalue weighted by Crippen LogP contribution is -2.30. The van der Waals surface area contributed by atoms with Crippen LogP contribution in [0.1, 0.15) is 42.1 Å². The van der Waals surface area contributed by atoms with Gasteiger partial charge >= 0.3 is 0 Å². The standard InChI is InChI=1S/C25H27ClN2O4/c1-15(2)32-24-10-9-19(12-21(24)26)23(29)13-20(25(30)27-4)11-17-5-7-18(8-6-17)22-14-31-16(3)28-22/h5-10,12,14-15,20H,11,13H2,1-4H3,(H,27,30). The summed E-state index contributed by atoms with van der Waals surface area (Å²) < 4.78 is 10.9. The van der Waals surface area contributed by atoms with E-state index in [1.165, 1.54) is 0 Å². The molecule has 1 aromatic heterocycles. The van der Waals surface area contributed by atoms with Gasteiger partial charge in [0.1, 0.15) is 17.7 Å². The topological polar surface area (TPSA) is 81.4 Å². The van der Waals surface area contributed by atoms with Crippen molar-refractivity contribution in [3.8, 4) is 17.0 Å². The molecular formula is C25H27ClN2O4. The zero-order valence-electron chi connectivity index (χ0n) is 18.6. The summed E-state index contributed by atoms with van der Waals surface area (Å²) in [5, 5.41) is 3.04. The average molecular weight is 455 g/mol. The quantitative estimate of drug-likeness (QED) is 0.445. The van der Waals surface area contributed by atoms with Gasteiger partial charge in [0.2, 0.25) is 5.91 Å². The Morgan fingerprint density at radius 2 is 1.88 bits per heavy atom. The van der Waals surface area contributed by atoms with Crippen LogP contribution < -0.4 is 10.1 Å². The van der Waals surface area contributed by atoms with Crippen molar-refractivity contribution in [2.75, 3.05) is 7.05 Å². The average Bonchev–Trinajstić information content (AvgIpc) is 3.20. The first-order valence-electron chi connectivity index (χ1n) is 10.5. The number of rotatable bonds is 9. The lowest BCUT2D eigenvalue weighted by Gasteiger charge is -2.16. The van der Waals surface area contributed by atoms with Crippen molar-refractivity contribution >= 4 is 23.3 Å². The molecule has 2 aromatic carbocycles. The summed E-state index contributed by atoms with van der Waals surface area (Å²) in [5.41, 5.74) is 3.09. The van der Waals surface area contributed by atoms with Crippen LogP contribution in [0, 0.1) is 12.8 Å². The number of benzene rings is 2. The van der Waals surface area contributed by atoms with E-state index in [1.54, 1.807) is 38.4 Å². The number of nitrogens with zero attached hydrogens (tertiary/aromatic N) is 1. The van der Waals surface area contributed by atoms with E-state index in [1.807, 2.05) is 38.1 Å². The molecule has 1 atom stereocenters. The predicted octanol–water partition coefficient (Wildman–Crippen LogP) is 5.27. The van der Waals surface area contributed by atoms with E-state index in [0.717, 1.165) is 16.8 Å². The van der Waals surface area contributed by atoms with Crippen molar-refractivity contribution in [2.45, 2.75) is 39.7 Å². The van der Waals surface area contributed by atoms with Gasteiger partial charge in [0.25, 0.3) is 0 Å². The summed E-state index contributed by atoms with van der Waals surface area (Å²) in [4.78, 5) is 29.7. The fourth-order valence-electron chi connectivity index (χ4n) is 3.42. The Morgan fingerprint density at radius 3 is 2.44 bits per heavy atom. The molecule has 32 heavy (non-hydrogen) atoms. The van der Waals surface area contributed by atoms with Gasteiger partial charge in [-0.15, -0.1) is 0 Å². The molecule has 0 aliphatic heterocycles. The molecule has 3 aromatic rings. The fourth-order valence-corrected chi connectivity index (χ4v) is 3.64. The van der Waals surface area contributed by atoms with Crippen LogP contribution in [0.2, 0.25) is 5.02 Å². The van der Waals surface area contributed by atoms with Crippen LogP contribution >= 0.6 is 11.6 Å². The normalized spacial score (nSPS) is 11.9. The predicted molar refractivity (Wildman–Crippen MR) is 124 cm³/mol. The molecule has 1 amide bonds. The van der Waals surface area contributed by atoms with Crippen molar-refractivity contribution in [3.05, 3.63) is 70.8 Å². The van der Waals surface area contributed by atoms with Gasteiger partial charge in [-0.1, -0.05) is 35.9 Å². The molecule has 1 unspecified atom stereocenters. The number of hydrogen-bond acceptors (Lipinski definition) is 5. The second-order valence-electron chi connectivity index (χ2n) is 7.90. The molecule has 0 radical (unpaired) electrons. The molecule has 3 rings (SSSR count). The van der Waals surface area contributed by atoms with Gasteiger partial charge in [-0.3, -0.25) is 9.59 Å². The third-order valence-corrected chi connectivity index (χ3v) is 5.31. The number of ether oxygens (including phenoxy) is 1. The van der Waals surface area contributed by atoms with Crippen molar-refractivity contribution in [2.24, 2.45) is 5.92 Å². The Morgan fingerprint density at radius 1 is 1.16 bits per heavy atom. The van der Waals surface area contributed by atoms with Crippen molar-refractivity contribution in [1.29, 1.82) is 0 Å². The maximum atomic E-state index is 12.9. The van der Waals surface area contributed by atoms with Gasteiger partial charge in [0.15, 0.2) is 11.7 Å². The minimum Gasteiger partial charge on any atom is -0.489 e. The van der Waals surface area contributed by atoms with E-state index in [2.05, 4.69) is 10.3 Å². The Kier molecular flexibility index (Phi) is 7.70. The lowest BCUT2D eigenvalue weighted by atomic mass is 9.91. The number of hydrogen-bond donors (Lipinski definition) is 1. The van der Waals surface area contributed by atoms with Crippen LogP contribution in [0.25, 0.3) is 11.3 Å². The largest absolute Gasteiger partial charge is 0.489 e. The number of carbonyl (C=O) groups is 2. The number of ketones is 1. The van der Waals surface area contributed by atoms with Crippen LogP contribution in [0.4, 0.5) is 0 Å². The first-order chi connectivity index (χ1) is 15.3. The van der Waals surface area contributed by atoms with E-state index < -0.39 is 5.92 Å². The van der Waals surface area contributed by atoms with Gasteiger partial charge in [-0.2, -0.15) is 0 Å². The van der Waals surface area contributed by atoms with Crippen molar-refractivity contribution in [3.63, 3.8) is 0 Å². The van der Waals surface area contributed by atoms with Crippen LogP contribution in [-0.2, 0) is 11.2 Å². The number of aromatic nitrogens is 1. The van der Waals surface area contributed by atoms with Gasteiger partial charge in [0, 0.05) is 37.4 Å². The minimum absolute atomic E-state index is 0.0219. The molecule has 1 N–H and O–H groups in total. The molecular weight excluding hydrogens is 428 g/mol. The first-order valence-corrected chi connectivity index (χ1v) is 10.9. The Hall–Kier alpha value is -3.12. The molecule has 6 nitrogen and oxygen atoms in total. The van der Waals surface area contributed by atoms with Crippen molar-refractivity contribution < 1.29 is 18.7 Å². The second kappa shape index (κ2) is 10.5. The van der Waals surface area contributed by atoms with E-state index >= 15 is 0 Å². The number of oxazole rings is 1. The second-order valence-corrected chi connectivity index (χ2v) is 8.31. The summed E-state index contributed by atoms with van der Waals surface area (Å²) in [5.74, 6) is 0.305. The Bertz CT molecular complexity index is 1090. The maximum Gasteiger partial charge on any atom is 0.223 e. The minimum atomic E-state index is -0.502. The first kappa shape index (κ1) is 23.5. The summed E-state index contributed by atoms with van der Waals surface area (Å²) in [6.45, 7) is 5.60. The molecule has 1 heterocycles. The molecule has 0 aliphatic rings. The van der Waals surface area contributed by atoms with Crippen LogP contribution in [0.5, 0.6) is 5.75 Å². The van der Waals surface area contributed by atoms with Gasteiger partial charge in [-0.25, -0.2) is 4.98 Å². The van der Waals surface area contributed by atoms with Crippen LogP contribution in [0.15, 0.2) is 53.1 Å². The number of halogens is 1. The fraction of sp³-hybridized carbons (Fsp3) is 0.320. The van der Waals surface area contributed by atoms with E-state index in [4.69, 9.17) is 20.8 Å². The maximum absolute atomic E-state index is 12.9. The lowest BCUT2D eigenvalue weighted by molar-refractivity contribution is -0.124. The van der Waals surface area contributed by atoms with Gasteiger partial charge in [0.05, 0.1) is 11.1 Å². The van der Waals surface area contributed by atoms with Crippen molar-refractivity contribution in [1.82, 2.24) is 10.3 Å². The third-order valence-electron chi connectivity index (χ3n) is 5.02. The number of amides is 1. The number of aryl methyl sites for hydroxylation is 1. The zero-order valence-corrected chi connectivity index (χ0v) is 19.4. The zero-order chi connectivity index (χ0) is 23.3. The molecule has 0 saturated heterocycles. The highest BCUT2D eigenvalue weighted by Crippen LogP contribution is 2.28. The third kappa shape index (κ3) is 5.98. The summed E-state index contributed by atoms with van der Waals surface area (Å²) in [6.07, 6.45) is 2.10. The summed E-state index contributed by atoms with van der Waals surface area (Å²) >= 11 is 6.27. The Labute approximate surface area is 192 Å². The highest BCUT2D eigenvalue weighted by Gasteiger charge is 2.23. The van der Waals surface area contributed by atoms with Gasteiger partial charge < -0.3 is 14.5 Å². The summed E-state index contributed by atoms with van der Waals surface area (Å²) in [6, 6.07) is 12.7. The highest BCUT2D eigenvalue weighted by molar-refractivity contribution is 6.32. The van der Waals surface area contributed by atoms with E-state index in [9.17, 15) is 9.59 Å². The molecule has 7 heteroatoms. The van der Waals surface area contributed by atoms with Gasteiger partial charge in [-0.05, 0) is 44.0 Å². The molecule has 0 bridgehead atoms. The molecule has 168 valence electrons. The highest BCUT2D eigenvalue weighted by atomic mass is 35.5. The van der Waals surface area contributed by atoms with E-state index in [-0.39, 0.29) is 24.2 Å². The molecule has 0 aliphatic carbocycles. The number of nitrogens with one attached hydrogen (secondary N) is 1. The van der Waals surface area contributed by atoms with E-state index in [0.29, 0.717) is 28.6 Å². The SMILES string of the molecule is CNC(=O)C(CC(=O)c1ccc(OC(C)C)c(Cl)c1)Cc1ccc(-c2coc(C)n2)cc1. The Balaban J connectivity index is 1.72. The van der Waals surface area contributed by atoms with Crippen LogP contribution in [0.3, 0.4) is 0 Å². The smallest absolute Gasteiger partial charge is 0.223 e. The monoisotopic (exact) mass is 454 g/mol. The van der Waals surface area contributed by atoms with Crippen LogP contribution in [-0.4, -0.2) is 29.8 Å². The number of Topliss-reactive ketones (excluding diaryl/α,β-unsaturated/α-hetero) is 1. The summed E-state index contributed by atoms with van der Waals surface area (Å²) in [7, 11) is 1.57.